The lowest BCUT2D eigenvalue weighted by molar-refractivity contribution is -0.143. The van der Waals surface area contributed by atoms with Gasteiger partial charge in [0.15, 0.2) is 0 Å². The molecule has 0 saturated heterocycles. The smallest absolute Gasteiger partial charge is 0.407 e. The number of carboxylic acid groups (broad SMARTS) is 1. The fourth-order valence-corrected chi connectivity index (χ4v) is 6.00. The lowest BCUT2D eigenvalue weighted by Gasteiger charge is -2.33. The Morgan fingerprint density at radius 3 is 2.17 bits per heavy atom. The fraction of sp³-hybridized carbons (Fsp3) is 0.444. The van der Waals surface area contributed by atoms with Gasteiger partial charge in [0.05, 0.1) is 5.41 Å². The molecule has 2 unspecified atom stereocenters. The van der Waals surface area contributed by atoms with E-state index in [1.807, 2.05) is 24.3 Å². The van der Waals surface area contributed by atoms with Crippen LogP contribution in [0, 0.1) is 10.8 Å². The molecule has 3 aliphatic rings. The van der Waals surface area contributed by atoms with Gasteiger partial charge in [0.25, 0.3) is 0 Å². The van der Waals surface area contributed by atoms with Crippen molar-refractivity contribution >= 4 is 18.0 Å². The molecule has 8 heteroatoms. The van der Waals surface area contributed by atoms with Crippen LogP contribution in [0.5, 0.6) is 0 Å². The minimum absolute atomic E-state index is 0.0564. The third-order valence-electron chi connectivity index (χ3n) is 8.18. The predicted octanol–water partition coefficient (Wildman–Crippen LogP) is 3.04. The van der Waals surface area contributed by atoms with Crippen LogP contribution < -0.4 is 10.6 Å². The summed E-state index contributed by atoms with van der Waals surface area (Å²) in [6.45, 7) is -0.0594. The van der Waals surface area contributed by atoms with Gasteiger partial charge >= 0.3 is 12.1 Å². The first-order chi connectivity index (χ1) is 16.9. The molecule has 2 amide bonds. The van der Waals surface area contributed by atoms with E-state index in [1.165, 1.54) is 0 Å². The number of hydrogen-bond donors (Lipinski definition) is 4. The lowest BCUT2D eigenvalue weighted by Crippen LogP contribution is -2.50. The molecule has 0 aromatic heterocycles. The molecule has 184 valence electrons. The summed E-state index contributed by atoms with van der Waals surface area (Å²) in [6.07, 6.45) is 2.73. The number of ether oxygens (including phenoxy) is 1. The number of aliphatic carboxylic acids is 1. The number of benzene rings is 2. The molecule has 3 aliphatic carbocycles. The van der Waals surface area contributed by atoms with Crippen molar-refractivity contribution in [2.45, 2.75) is 44.1 Å². The molecule has 2 fully saturated rings. The summed E-state index contributed by atoms with van der Waals surface area (Å²) >= 11 is 0. The molecule has 4 N–H and O–H groups in total. The zero-order valence-corrected chi connectivity index (χ0v) is 19.5. The zero-order chi connectivity index (χ0) is 24.6. The highest BCUT2D eigenvalue weighted by Gasteiger charge is 2.73. The number of aliphatic hydroxyl groups excluding tert-OH is 1. The number of nitrogens with one attached hydrogen (secondary N) is 2. The SMILES string of the molecule is O=C(NCC1(C(=O)NC(CCO)C(=O)O)CC12CCC2)OCC1c2ccccc2-c2ccccc21. The second kappa shape index (κ2) is 9.00. The largest absolute Gasteiger partial charge is 0.480 e. The van der Waals surface area contributed by atoms with E-state index in [2.05, 4.69) is 34.9 Å². The molecule has 0 radical (unpaired) electrons. The van der Waals surface area contributed by atoms with Crippen molar-refractivity contribution in [2.75, 3.05) is 19.8 Å². The Kier molecular flexibility index (Phi) is 6.01. The van der Waals surface area contributed by atoms with Gasteiger partial charge in [0.2, 0.25) is 5.91 Å². The Balaban J connectivity index is 1.22. The van der Waals surface area contributed by atoms with E-state index in [0.717, 1.165) is 41.5 Å². The van der Waals surface area contributed by atoms with Gasteiger partial charge < -0.3 is 25.6 Å². The van der Waals surface area contributed by atoms with Crippen molar-refractivity contribution < 1.29 is 29.3 Å². The molecule has 2 aromatic rings. The molecule has 35 heavy (non-hydrogen) atoms. The van der Waals surface area contributed by atoms with Gasteiger partial charge in [-0.2, -0.15) is 0 Å². The first kappa shape index (κ1) is 23.4. The summed E-state index contributed by atoms with van der Waals surface area (Å²) in [5.41, 5.74) is 3.52. The molecule has 0 aliphatic heterocycles. The monoisotopic (exact) mass is 478 g/mol. The van der Waals surface area contributed by atoms with Crippen molar-refractivity contribution in [3.05, 3.63) is 59.7 Å². The van der Waals surface area contributed by atoms with Crippen LogP contribution in [0.3, 0.4) is 0 Å². The van der Waals surface area contributed by atoms with E-state index in [9.17, 15) is 19.5 Å². The first-order valence-corrected chi connectivity index (χ1v) is 12.1. The van der Waals surface area contributed by atoms with Gasteiger partial charge in [0, 0.05) is 25.5 Å². The van der Waals surface area contributed by atoms with Crippen LogP contribution in [0.2, 0.25) is 0 Å². The van der Waals surface area contributed by atoms with Crippen LogP contribution in [0.15, 0.2) is 48.5 Å². The van der Waals surface area contributed by atoms with Gasteiger partial charge in [0.1, 0.15) is 12.6 Å². The number of hydrogen-bond acceptors (Lipinski definition) is 5. The molecular weight excluding hydrogens is 448 g/mol. The summed E-state index contributed by atoms with van der Waals surface area (Å²) in [5.74, 6) is -1.62. The van der Waals surface area contributed by atoms with E-state index >= 15 is 0 Å². The number of aliphatic hydroxyl groups is 1. The maximum Gasteiger partial charge on any atom is 0.407 e. The maximum atomic E-state index is 13.1. The molecular formula is C27H30N2O6. The maximum absolute atomic E-state index is 13.1. The minimum atomic E-state index is -1.18. The Labute approximate surface area is 203 Å². The van der Waals surface area contributed by atoms with Crippen LogP contribution >= 0.6 is 0 Å². The summed E-state index contributed by atoms with van der Waals surface area (Å²) in [4.78, 5) is 37.3. The van der Waals surface area contributed by atoms with Gasteiger partial charge in [-0.25, -0.2) is 9.59 Å². The number of carbonyl (C=O) groups is 3. The molecule has 5 rings (SSSR count). The summed E-state index contributed by atoms with van der Waals surface area (Å²) in [5, 5.41) is 23.8. The van der Waals surface area contributed by atoms with Crippen LogP contribution in [0.25, 0.3) is 11.1 Å². The van der Waals surface area contributed by atoms with Crippen molar-refractivity contribution in [1.29, 1.82) is 0 Å². The highest BCUT2D eigenvalue weighted by Crippen LogP contribution is 2.73. The lowest BCUT2D eigenvalue weighted by atomic mass is 9.74. The van der Waals surface area contributed by atoms with Crippen LogP contribution in [-0.2, 0) is 14.3 Å². The highest BCUT2D eigenvalue weighted by atomic mass is 16.5. The van der Waals surface area contributed by atoms with E-state index < -0.39 is 23.5 Å². The number of carbonyl (C=O) groups excluding carboxylic acids is 2. The van der Waals surface area contributed by atoms with E-state index in [-0.39, 0.29) is 43.4 Å². The normalized spacial score (nSPS) is 21.9. The summed E-state index contributed by atoms with van der Waals surface area (Å²) < 4.78 is 5.61. The van der Waals surface area contributed by atoms with Crippen molar-refractivity contribution in [2.24, 2.45) is 10.8 Å². The van der Waals surface area contributed by atoms with Crippen LogP contribution in [0.4, 0.5) is 4.79 Å². The summed E-state index contributed by atoms with van der Waals surface area (Å²) in [6, 6.07) is 15.0. The van der Waals surface area contributed by atoms with Crippen LogP contribution in [0.1, 0.15) is 49.1 Å². The number of amides is 2. The third kappa shape index (κ3) is 3.95. The average molecular weight is 479 g/mol. The van der Waals surface area contributed by atoms with Crippen molar-refractivity contribution in [3.63, 3.8) is 0 Å². The van der Waals surface area contributed by atoms with E-state index in [4.69, 9.17) is 9.84 Å². The van der Waals surface area contributed by atoms with E-state index in [1.54, 1.807) is 0 Å². The molecule has 0 heterocycles. The van der Waals surface area contributed by atoms with Gasteiger partial charge in [-0.15, -0.1) is 0 Å². The van der Waals surface area contributed by atoms with E-state index in [0.29, 0.717) is 6.42 Å². The molecule has 0 bridgehead atoms. The molecule has 2 saturated carbocycles. The van der Waals surface area contributed by atoms with Gasteiger partial charge in [-0.3, -0.25) is 4.79 Å². The Hall–Kier alpha value is -3.39. The number of carboxylic acids is 1. The second-order valence-electron chi connectivity index (χ2n) is 9.95. The second-order valence-corrected chi connectivity index (χ2v) is 9.95. The van der Waals surface area contributed by atoms with Crippen molar-refractivity contribution in [1.82, 2.24) is 10.6 Å². The fourth-order valence-electron chi connectivity index (χ4n) is 6.00. The minimum Gasteiger partial charge on any atom is -0.480 e. The Bertz CT molecular complexity index is 1110. The zero-order valence-electron chi connectivity index (χ0n) is 19.5. The quantitative estimate of drug-likeness (QED) is 0.439. The topological polar surface area (TPSA) is 125 Å². The average Bonchev–Trinajstić information content (AvgIpc) is 3.45. The van der Waals surface area contributed by atoms with Gasteiger partial charge in [-0.1, -0.05) is 55.0 Å². The molecule has 2 aromatic carbocycles. The summed E-state index contributed by atoms with van der Waals surface area (Å²) in [7, 11) is 0. The molecule has 1 spiro atoms. The third-order valence-corrected chi connectivity index (χ3v) is 8.18. The Morgan fingerprint density at radius 1 is 1.03 bits per heavy atom. The Morgan fingerprint density at radius 2 is 1.66 bits per heavy atom. The number of rotatable bonds is 9. The van der Waals surface area contributed by atoms with Gasteiger partial charge in [-0.05, 0) is 46.9 Å². The standard InChI is InChI=1S/C27H30N2O6/c30-13-10-22(23(31)32)29-24(33)27(15-26(27)11-5-12-26)16-28-25(34)35-14-21-19-8-3-1-6-17(19)18-7-2-4-9-20(18)21/h1-4,6-9,21-22,30H,5,10-16H2,(H,28,34)(H,29,33)(H,31,32). The number of alkyl carbamates (subject to hydrolysis) is 1. The van der Waals surface area contributed by atoms with Crippen LogP contribution in [-0.4, -0.2) is 54.0 Å². The molecule has 2 atom stereocenters. The predicted molar refractivity (Wildman–Crippen MR) is 128 cm³/mol. The van der Waals surface area contributed by atoms with Crippen molar-refractivity contribution in [3.8, 4) is 11.1 Å². The first-order valence-electron chi connectivity index (χ1n) is 12.1. The highest BCUT2D eigenvalue weighted by molar-refractivity contribution is 5.91. The number of fused-ring (bicyclic) bond motifs is 3. The molecule has 8 nitrogen and oxygen atoms in total.